The van der Waals surface area contributed by atoms with Gasteiger partial charge in [-0.25, -0.2) is 0 Å². The Kier molecular flexibility index (Phi) is 7.14. The second-order valence-electron chi connectivity index (χ2n) is 5.89. The molecular formula is C15H31NO. The molecule has 2 nitrogen and oxygen atoms in total. The highest BCUT2D eigenvalue weighted by atomic mass is 16.5. The average molecular weight is 241 g/mol. The molecule has 0 radical (unpaired) electrons. The van der Waals surface area contributed by atoms with Crippen LogP contribution in [0.5, 0.6) is 0 Å². The minimum Gasteiger partial charge on any atom is -0.384 e. The lowest BCUT2D eigenvalue weighted by molar-refractivity contribution is 0.132. The summed E-state index contributed by atoms with van der Waals surface area (Å²) in [4.78, 5) is 0. The molecule has 1 fully saturated rings. The van der Waals surface area contributed by atoms with Crippen molar-refractivity contribution in [1.82, 2.24) is 5.32 Å². The van der Waals surface area contributed by atoms with Crippen LogP contribution in [0.2, 0.25) is 0 Å². The molecule has 0 aliphatic heterocycles. The number of rotatable bonds is 7. The van der Waals surface area contributed by atoms with E-state index in [1.165, 1.54) is 38.5 Å². The van der Waals surface area contributed by atoms with E-state index in [9.17, 15) is 0 Å². The van der Waals surface area contributed by atoms with Gasteiger partial charge in [0.05, 0.1) is 0 Å². The predicted octanol–water partition coefficient (Wildman–Crippen LogP) is 3.46. The van der Waals surface area contributed by atoms with Crippen LogP contribution >= 0.6 is 0 Å². The van der Waals surface area contributed by atoms with Gasteiger partial charge in [-0.05, 0) is 44.1 Å². The molecule has 0 saturated heterocycles. The number of ether oxygens (including phenoxy) is 1. The molecule has 1 N–H and O–H groups in total. The first-order chi connectivity index (χ1) is 8.21. The van der Waals surface area contributed by atoms with Gasteiger partial charge in [0.1, 0.15) is 0 Å². The highest BCUT2D eigenvalue weighted by Gasteiger charge is 2.27. The zero-order valence-electron chi connectivity index (χ0n) is 12.2. The summed E-state index contributed by atoms with van der Waals surface area (Å²) in [5.41, 5.74) is 0. The van der Waals surface area contributed by atoms with Gasteiger partial charge < -0.3 is 10.1 Å². The Morgan fingerprint density at radius 2 is 2.12 bits per heavy atom. The lowest BCUT2D eigenvalue weighted by Crippen LogP contribution is -2.38. The van der Waals surface area contributed by atoms with E-state index < -0.39 is 0 Å². The maximum absolute atomic E-state index is 5.25. The molecule has 0 spiro atoms. The van der Waals surface area contributed by atoms with Crippen LogP contribution < -0.4 is 5.32 Å². The summed E-state index contributed by atoms with van der Waals surface area (Å²) in [6.07, 6.45) is 8.35. The van der Waals surface area contributed by atoms with Crippen LogP contribution in [0.15, 0.2) is 0 Å². The van der Waals surface area contributed by atoms with E-state index in [0.717, 1.165) is 18.4 Å². The first-order valence-electron chi connectivity index (χ1n) is 7.37. The first kappa shape index (κ1) is 15.0. The van der Waals surface area contributed by atoms with Crippen molar-refractivity contribution in [3.63, 3.8) is 0 Å². The highest BCUT2D eigenvalue weighted by molar-refractivity contribution is 4.82. The molecule has 102 valence electrons. The third-order valence-electron chi connectivity index (χ3n) is 4.45. The van der Waals surface area contributed by atoms with Crippen LogP contribution in [0.1, 0.15) is 52.4 Å². The maximum Gasteiger partial charge on any atom is 0.0488 e. The summed E-state index contributed by atoms with van der Waals surface area (Å²) < 4.78 is 5.25. The summed E-state index contributed by atoms with van der Waals surface area (Å²) in [6, 6.07) is 0.689. The molecule has 0 amide bonds. The molecule has 1 aliphatic carbocycles. The van der Waals surface area contributed by atoms with Crippen LogP contribution in [-0.2, 0) is 4.74 Å². The number of methoxy groups -OCH3 is 1. The van der Waals surface area contributed by atoms with E-state index in [2.05, 4.69) is 26.2 Å². The van der Waals surface area contributed by atoms with Crippen LogP contribution in [0.3, 0.4) is 0 Å². The fourth-order valence-corrected chi connectivity index (χ4v) is 3.40. The van der Waals surface area contributed by atoms with Crippen LogP contribution in [-0.4, -0.2) is 26.8 Å². The molecule has 0 bridgehead atoms. The summed E-state index contributed by atoms with van der Waals surface area (Å²) in [5.74, 6) is 2.53. The van der Waals surface area contributed by atoms with Gasteiger partial charge in [0.25, 0.3) is 0 Å². The monoisotopic (exact) mass is 241 g/mol. The third-order valence-corrected chi connectivity index (χ3v) is 4.45. The number of nitrogens with one attached hydrogen (secondary N) is 1. The topological polar surface area (TPSA) is 21.3 Å². The van der Waals surface area contributed by atoms with Gasteiger partial charge in [-0.1, -0.05) is 33.1 Å². The van der Waals surface area contributed by atoms with Crippen molar-refractivity contribution in [1.29, 1.82) is 0 Å². The third kappa shape index (κ3) is 4.97. The summed E-state index contributed by atoms with van der Waals surface area (Å²) in [7, 11) is 3.93. The van der Waals surface area contributed by atoms with Crippen molar-refractivity contribution in [3.05, 3.63) is 0 Å². The Bertz CT molecular complexity index is 195. The van der Waals surface area contributed by atoms with Crippen molar-refractivity contribution >= 4 is 0 Å². The fourth-order valence-electron chi connectivity index (χ4n) is 3.40. The fraction of sp³-hybridized carbons (Fsp3) is 1.00. The SMILES string of the molecule is CCC1CCCC(C(CC(C)COC)NC)C1. The quantitative estimate of drug-likeness (QED) is 0.737. The predicted molar refractivity (Wildman–Crippen MR) is 74.2 cm³/mol. The number of hydrogen-bond donors (Lipinski definition) is 1. The van der Waals surface area contributed by atoms with Crippen LogP contribution in [0, 0.1) is 17.8 Å². The van der Waals surface area contributed by atoms with E-state index >= 15 is 0 Å². The van der Waals surface area contributed by atoms with Crippen molar-refractivity contribution in [3.8, 4) is 0 Å². The molecule has 1 aliphatic rings. The molecule has 0 aromatic carbocycles. The largest absolute Gasteiger partial charge is 0.384 e. The molecule has 4 unspecified atom stereocenters. The summed E-state index contributed by atoms with van der Waals surface area (Å²) in [6.45, 7) is 5.53. The van der Waals surface area contributed by atoms with E-state index in [4.69, 9.17) is 4.74 Å². The van der Waals surface area contributed by atoms with E-state index in [0.29, 0.717) is 12.0 Å². The molecule has 2 heteroatoms. The second kappa shape index (κ2) is 8.10. The van der Waals surface area contributed by atoms with Crippen molar-refractivity contribution in [2.75, 3.05) is 20.8 Å². The molecule has 0 aromatic heterocycles. The van der Waals surface area contributed by atoms with Gasteiger partial charge in [0.2, 0.25) is 0 Å². The molecule has 4 atom stereocenters. The number of hydrogen-bond acceptors (Lipinski definition) is 2. The van der Waals surface area contributed by atoms with Crippen molar-refractivity contribution < 1.29 is 4.74 Å². The van der Waals surface area contributed by atoms with E-state index in [1.807, 2.05) is 0 Å². The standard InChI is InChI=1S/C15H31NO/c1-5-13-7-6-8-14(10-13)15(16-3)9-12(2)11-17-4/h12-16H,5-11H2,1-4H3. The molecular weight excluding hydrogens is 210 g/mol. The Labute approximate surface area is 108 Å². The van der Waals surface area contributed by atoms with Gasteiger partial charge >= 0.3 is 0 Å². The minimum absolute atomic E-state index is 0.666. The molecule has 1 rings (SSSR count). The van der Waals surface area contributed by atoms with Gasteiger partial charge in [0.15, 0.2) is 0 Å². The molecule has 1 saturated carbocycles. The Morgan fingerprint density at radius 3 is 2.71 bits per heavy atom. The smallest absolute Gasteiger partial charge is 0.0488 e. The van der Waals surface area contributed by atoms with Gasteiger partial charge in [-0.15, -0.1) is 0 Å². The Morgan fingerprint density at radius 1 is 1.35 bits per heavy atom. The average Bonchev–Trinajstić information content (AvgIpc) is 2.36. The van der Waals surface area contributed by atoms with Crippen LogP contribution in [0.25, 0.3) is 0 Å². The van der Waals surface area contributed by atoms with Crippen molar-refractivity contribution in [2.45, 2.75) is 58.4 Å². The zero-order valence-corrected chi connectivity index (χ0v) is 12.2. The highest BCUT2D eigenvalue weighted by Crippen LogP contribution is 2.34. The molecule has 0 heterocycles. The maximum atomic E-state index is 5.25. The minimum atomic E-state index is 0.666. The van der Waals surface area contributed by atoms with Gasteiger partial charge in [0, 0.05) is 19.8 Å². The Balaban J connectivity index is 2.42. The molecule has 0 aromatic rings. The zero-order chi connectivity index (χ0) is 12.7. The normalized spacial score (nSPS) is 28.9. The van der Waals surface area contributed by atoms with E-state index in [1.54, 1.807) is 7.11 Å². The second-order valence-corrected chi connectivity index (χ2v) is 5.89. The summed E-state index contributed by atoms with van der Waals surface area (Å²) in [5, 5.41) is 3.55. The van der Waals surface area contributed by atoms with E-state index in [-0.39, 0.29) is 0 Å². The van der Waals surface area contributed by atoms with Gasteiger partial charge in [-0.3, -0.25) is 0 Å². The first-order valence-corrected chi connectivity index (χ1v) is 7.37. The van der Waals surface area contributed by atoms with Crippen molar-refractivity contribution in [2.24, 2.45) is 17.8 Å². The summed E-state index contributed by atoms with van der Waals surface area (Å²) >= 11 is 0. The molecule has 17 heavy (non-hydrogen) atoms. The lowest BCUT2D eigenvalue weighted by Gasteiger charge is -2.35. The lowest BCUT2D eigenvalue weighted by atomic mass is 9.75. The van der Waals surface area contributed by atoms with Gasteiger partial charge in [-0.2, -0.15) is 0 Å². The van der Waals surface area contributed by atoms with Crippen LogP contribution in [0.4, 0.5) is 0 Å². The Hall–Kier alpha value is -0.0800.